The Morgan fingerprint density at radius 3 is 2.36 bits per heavy atom. The molecule has 2 heterocycles. The molecule has 47 heavy (non-hydrogen) atoms. The SMILES string of the molecule is C=C[C@@H]1C[C@]1(CC(=O)[C@@H]1C[C@H](OS(=O)(=O)c2ccc(Br)cc2)CN1C(=O)[C@@H](CC(=O)OC1C[C@@H]2C[C@@H]2C1)C1CCOCC1)C(=O)OC. The number of Topliss-reactive ketones (excluding diaryl/α,β-unsaturated/α-hetero) is 1. The van der Waals surface area contributed by atoms with E-state index in [1.54, 1.807) is 18.2 Å². The van der Waals surface area contributed by atoms with E-state index in [2.05, 4.69) is 22.5 Å². The van der Waals surface area contributed by atoms with Crippen LogP contribution < -0.4 is 0 Å². The minimum Gasteiger partial charge on any atom is -0.469 e. The lowest BCUT2D eigenvalue weighted by atomic mass is 9.82. The predicted octanol–water partition coefficient (Wildman–Crippen LogP) is 4.22. The number of esters is 2. The largest absolute Gasteiger partial charge is 0.469 e. The lowest BCUT2D eigenvalue weighted by Gasteiger charge is -2.34. The number of nitrogens with zero attached hydrogens (tertiary/aromatic N) is 1. The summed E-state index contributed by atoms with van der Waals surface area (Å²) in [6.45, 7) is 4.51. The molecule has 3 aliphatic carbocycles. The molecule has 5 aliphatic rings. The average molecular weight is 737 g/mol. The highest BCUT2D eigenvalue weighted by molar-refractivity contribution is 9.10. The zero-order valence-corrected chi connectivity index (χ0v) is 28.9. The molecule has 2 saturated heterocycles. The predicted molar refractivity (Wildman–Crippen MR) is 171 cm³/mol. The molecule has 0 bridgehead atoms. The summed E-state index contributed by atoms with van der Waals surface area (Å²) >= 11 is 3.30. The molecule has 256 valence electrons. The van der Waals surface area contributed by atoms with Crippen LogP contribution in [0.5, 0.6) is 0 Å². The zero-order valence-electron chi connectivity index (χ0n) is 26.5. The van der Waals surface area contributed by atoms with Crippen LogP contribution in [-0.2, 0) is 47.7 Å². The number of amides is 1. The van der Waals surface area contributed by atoms with Gasteiger partial charge >= 0.3 is 11.9 Å². The van der Waals surface area contributed by atoms with Crippen molar-refractivity contribution in [1.82, 2.24) is 4.90 Å². The van der Waals surface area contributed by atoms with Crippen LogP contribution in [0.3, 0.4) is 0 Å². The highest BCUT2D eigenvalue weighted by Gasteiger charge is 2.61. The molecule has 1 amide bonds. The number of allylic oxidation sites excluding steroid dienone is 1. The van der Waals surface area contributed by atoms with Gasteiger partial charge in [0.1, 0.15) is 6.10 Å². The second kappa shape index (κ2) is 13.7. The van der Waals surface area contributed by atoms with Crippen molar-refractivity contribution in [2.45, 2.75) is 80.9 Å². The number of carbonyl (C=O) groups excluding carboxylic acids is 4. The van der Waals surface area contributed by atoms with Gasteiger partial charge in [0.15, 0.2) is 5.78 Å². The molecule has 13 heteroatoms. The Labute approximate surface area is 283 Å². The van der Waals surface area contributed by atoms with Gasteiger partial charge in [-0.25, -0.2) is 0 Å². The smallest absolute Gasteiger partial charge is 0.312 e. The van der Waals surface area contributed by atoms with Crippen LogP contribution in [0.25, 0.3) is 0 Å². The number of halogens is 1. The van der Waals surface area contributed by atoms with Crippen LogP contribution in [0.1, 0.15) is 57.8 Å². The summed E-state index contributed by atoms with van der Waals surface area (Å²) in [7, 11) is -2.97. The van der Waals surface area contributed by atoms with E-state index < -0.39 is 57.2 Å². The van der Waals surface area contributed by atoms with Gasteiger partial charge in [-0.15, -0.1) is 6.58 Å². The summed E-state index contributed by atoms with van der Waals surface area (Å²) in [4.78, 5) is 55.9. The fraction of sp³-hybridized carbons (Fsp3) is 0.647. The molecule has 5 fully saturated rings. The number of ketones is 1. The average Bonchev–Trinajstić information content (AvgIpc) is 3.87. The monoisotopic (exact) mass is 735 g/mol. The number of fused-ring (bicyclic) bond motifs is 1. The number of hydrogen-bond donors (Lipinski definition) is 0. The lowest BCUT2D eigenvalue weighted by molar-refractivity contribution is -0.156. The van der Waals surface area contributed by atoms with E-state index in [0.29, 0.717) is 48.8 Å². The topological polar surface area (TPSA) is 143 Å². The van der Waals surface area contributed by atoms with Crippen molar-refractivity contribution >= 4 is 49.7 Å². The number of ether oxygens (including phenoxy) is 3. The van der Waals surface area contributed by atoms with Crippen molar-refractivity contribution in [2.75, 3.05) is 26.9 Å². The molecule has 0 N–H and O–H groups in total. The number of hydrogen-bond acceptors (Lipinski definition) is 10. The summed E-state index contributed by atoms with van der Waals surface area (Å²) in [6.07, 6.45) is 4.49. The minimum absolute atomic E-state index is 0.0582. The molecule has 1 unspecified atom stereocenters. The Morgan fingerprint density at radius 1 is 1.06 bits per heavy atom. The van der Waals surface area contributed by atoms with Gasteiger partial charge in [0.2, 0.25) is 5.91 Å². The molecule has 0 radical (unpaired) electrons. The van der Waals surface area contributed by atoms with E-state index in [9.17, 15) is 27.6 Å². The number of benzene rings is 1. The number of rotatable bonds is 13. The molecule has 8 atom stereocenters. The Morgan fingerprint density at radius 2 is 1.74 bits per heavy atom. The fourth-order valence-corrected chi connectivity index (χ4v) is 9.33. The van der Waals surface area contributed by atoms with Crippen molar-refractivity contribution < 1.29 is 46.0 Å². The van der Waals surface area contributed by atoms with Crippen LogP contribution in [0.2, 0.25) is 0 Å². The van der Waals surface area contributed by atoms with Gasteiger partial charge in [0, 0.05) is 37.1 Å². The molecule has 2 aliphatic heterocycles. The molecule has 0 aromatic heterocycles. The maximum absolute atomic E-state index is 14.5. The summed E-state index contributed by atoms with van der Waals surface area (Å²) < 4.78 is 49.2. The van der Waals surface area contributed by atoms with Crippen molar-refractivity contribution in [2.24, 2.45) is 35.0 Å². The number of likely N-dealkylation sites (tertiary alicyclic amines) is 1. The van der Waals surface area contributed by atoms with Crippen LogP contribution in [0.4, 0.5) is 0 Å². The molecule has 11 nitrogen and oxygen atoms in total. The molecule has 3 saturated carbocycles. The Hall–Kier alpha value is -2.61. The van der Waals surface area contributed by atoms with E-state index in [0.717, 1.165) is 12.8 Å². The summed E-state index contributed by atoms with van der Waals surface area (Å²) in [6, 6.07) is 4.92. The first-order valence-electron chi connectivity index (χ1n) is 16.4. The van der Waals surface area contributed by atoms with E-state index >= 15 is 0 Å². The zero-order chi connectivity index (χ0) is 33.5. The maximum atomic E-state index is 14.5. The maximum Gasteiger partial charge on any atom is 0.312 e. The lowest BCUT2D eigenvalue weighted by Crippen LogP contribution is -2.47. The first-order chi connectivity index (χ1) is 22.4. The van der Waals surface area contributed by atoms with Gasteiger partial charge in [0.25, 0.3) is 10.1 Å². The van der Waals surface area contributed by atoms with Gasteiger partial charge in [0.05, 0.1) is 41.9 Å². The normalized spacial score (nSPS) is 32.3. The first kappa shape index (κ1) is 34.3. The first-order valence-corrected chi connectivity index (χ1v) is 18.6. The summed E-state index contributed by atoms with van der Waals surface area (Å²) in [5.41, 5.74) is -1.07. The van der Waals surface area contributed by atoms with E-state index in [1.807, 2.05) is 0 Å². The van der Waals surface area contributed by atoms with E-state index in [4.69, 9.17) is 18.4 Å². The van der Waals surface area contributed by atoms with Crippen molar-refractivity contribution in [3.8, 4) is 0 Å². The molecule has 1 aromatic rings. The fourth-order valence-electron chi connectivity index (χ4n) is 7.99. The van der Waals surface area contributed by atoms with Gasteiger partial charge in [-0.05, 0) is 86.5 Å². The molecule has 6 rings (SSSR count). The summed E-state index contributed by atoms with van der Waals surface area (Å²) in [5.74, 6) is -1.73. The second-order valence-corrected chi connectivity index (χ2v) is 16.3. The van der Waals surface area contributed by atoms with Gasteiger partial charge in [-0.1, -0.05) is 22.0 Å². The van der Waals surface area contributed by atoms with Gasteiger partial charge < -0.3 is 19.1 Å². The number of carbonyl (C=O) groups is 4. The molecule has 1 aromatic carbocycles. The van der Waals surface area contributed by atoms with Crippen LogP contribution in [-0.4, -0.2) is 82.1 Å². The van der Waals surface area contributed by atoms with Crippen LogP contribution >= 0.6 is 15.9 Å². The minimum atomic E-state index is -4.23. The third-order valence-electron chi connectivity index (χ3n) is 10.8. The van der Waals surface area contributed by atoms with Crippen LogP contribution in [0, 0.1) is 35.0 Å². The Kier molecular flexibility index (Phi) is 10.00. The van der Waals surface area contributed by atoms with Crippen LogP contribution in [0.15, 0.2) is 46.3 Å². The molecular weight excluding hydrogens is 694 g/mol. The van der Waals surface area contributed by atoms with Crippen molar-refractivity contribution in [3.63, 3.8) is 0 Å². The standard InChI is InChI=1S/C34H42BrNO10S/c1-3-23-17-34(23,33(40)43-2)18-30(37)29-15-26(46-47(41,42)27-6-4-24(35)5-7-27)19-36(29)32(39)28(20-8-10-44-11-9-20)16-31(38)45-25-13-21-12-22(21)14-25/h3-7,20-23,25-26,28-29H,1,8-19H2,2H3/t21-,22+,23-,25?,26+,28+,29+,34-/m1/s1. The Balaban J connectivity index is 1.24. The number of methoxy groups -OCH3 is 1. The highest BCUT2D eigenvalue weighted by atomic mass is 79.9. The van der Waals surface area contributed by atoms with E-state index in [-0.39, 0.29) is 48.6 Å². The van der Waals surface area contributed by atoms with Crippen molar-refractivity contribution in [1.29, 1.82) is 0 Å². The third-order valence-corrected chi connectivity index (χ3v) is 12.7. The molecule has 0 spiro atoms. The van der Waals surface area contributed by atoms with Gasteiger partial charge in [-0.3, -0.25) is 23.4 Å². The van der Waals surface area contributed by atoms with Gasteiger partial charge in [-0.2, -0.15) is 8.42 Å². The van der Waals surface area contributed by atoms with Crippen molar-refractivity contribution in [3.05, 3.63) is 41.4 Å². The Bertz CT molecular complexity index is 1500. The second-order valence-electron chi connectivity index (χ2n) is 13.8. The third kappa shape index (κ3) is 7.38. The molecular formula is C34H42BrNO10S. The van der Waals surface area contributed by atoms with E-state index in [1.165, 1.54) is 30.6 Å². The summed E-state index contributed by atoms with van der Waals surface area (Å²) in [5, 5.41) is 0. The quantitative estimate of drug-likeness (QED) is 0.164. The highest BCUT2D eigenvalue weighted by Crippen LogP contribution is 2.57.